The molecule has 0 saturated carbocycles. The maximum Gasteiger partial charge on any atom is 0.261 e. The molecular weight excluding hydrogens is 380 g/mol. The number of carbonyl (C=O) groups is 1. The number of amides is 1. The molecule has 0 spiro atoms. The Morgan fingerprint density at radius 2 is 1.52 bits per heavy atom. The fraction of sp³-hybridized carbons (Fsp3) is 0.350. The molecule has 0 unspecified atom stereocenters. The largest absolute Gasteiger partial charge is 0.339 e. The summed E-state index contributed by atoms with van der Waals surface area (Å²) in [6.45, 7) is 1.58. The van der Waals surface area contributed by atoms with Gasteiger partial charge in [-0.2, -0.15) is 0 Å². The van der Waals surface area contributed by atoms with E-state index in [4.69, 9.17) is 0 Å². The number of anilines is 1. The normalized spacial score (nSPS) is 15.2. The molecule has 1 heterocycles. The lowest BCUT2D eigenvalue weighted by molar-refractivity contribution is 0.0761. The van der Waals surface area contributed by atoms with Crippen molar-refractivity contribution in [3.63, 3.8) is 0 Å². The van der Waals surface area contributed by atoms with E-state index >= 15 is 0 Å². The summed E-state index contributed by atoms with van der Waals surface area (Å²) in [4.78, 5) is 15.7. The van der Waals surface area contributed by atoms with Crippen molar-refractivity contribution >= 4 is 33.4 Å². The second kappa shape index (κ2) is 8.80. The highest BCUT2D eigenvalue weighted by atomic mass is 32.2. The van der Waals surface area contributed by atoms with Gasteiger partial charge in [0.25, 0.3) is 15.9 Å². The van der Waals surface area contributed by atoms with E-state index < -0.39 is 10.0 Å². The predicted octanol–water partition coefficient (Wildman–Crippen LogP) is 4.23. The van der Waals surface area contributed by atoms with Crippen molar-refractivity contribution in [3.8, 4) is 0 Å². The van der Waals surface area contributed by atoms with Crippen LogP contribution in [0.3, 0.4) is 0 Å². The van der Waals surface area contributed by atoms with Gasteiger partial charge in [0.2, 0.25) is 0 Å². The molecule has 144 valence electrons. The van der Waals surface area contributed by atoms with Crippen molar-refractivity contribution in [2.45, 2.75) is 35.5 Å². The van der Waals surface area contributed by atoms with E-state index in [-0.39, 0.29) is 10.8 Å². The van der Waals surface area contributed by atoms with Crippen molar-refractivity contribution in [2.24, 2.45) is 0 Å². The molecule has 1 aliphatic heterocycles. The molecule has 1 amide bonds. The first-order chi connectivity index (χ1) is 13.0. The van der Waals surface area contributed by atoms with E-state index in [0.717, 1.165) is 30.8 Å². The first-order valence-electron chi connectivity index (χ1n) is 9.06. The molecule has 1 N–H and O–H groups in total. The molecule has 0 atom stereocenters. The minimum absolute atomic E-state index is 0.0129. The van der Waals surface area contributed by atoms with Crippen LogP contribution in [-0.4, -0.2) is 38.6 Å². The number of sulfonamides is 1. The zero-order valence-corrected chi connectivity index (χ0v) is 17.0. The molecule has 1 aliphatic rings. The van der Waals surface area contributed by atoms with Gasteiger partial charge in [0.05, 0.1) is 4.90 Å². The van der Waals surface area contributed by atoms with Crippen molar-refractivity contribution in [1.82, 2.24) is 4.90 Å². The fourth-order valence-corrected chi connectivity index (χ4v) is 4.57. The maximum absolute atomic E-state index is 12.6. The van der Waals surface area contributed by atoms with Gasteiger partial charge in [-0.1, -0.05) is 12.8 Å². The van der Waals surface area contributed by atoms with Gasteiger partial charge >= 0.3 is 0 Å². The van der Waals surface area contributed by atoms with Crippen LogP contribution in [0.25, 0.3) is 0 Å². The van der Waals surface area contributed by atoms with E-state index in [0.29, 0.717) is 11.3 Å². The van der Waals surface area contributed by atoms with Gasteiger partial charge in [-0.05, 0) is 67.6 Å². The van der Waals surface area contributed by atoms with Gasteiger partial charge in [-0.15, -0.1) is 11.8 Å². The third-order valence-electron chi connectivity index (χ3n) is 4.65. The first-order valence-corrected chi connectivity index (χ1v) is 11.8. The zero-order chi connectivity index (χ0) is 19.3. The number of hydrogen-bond acceptors (Lipinski definition) is 4. The SMILES string of the molecule is CSc1ccc(S(=O)(=O)Nc2ccc(C(=O)N3CCCCCC3)cc2)cc1. The lowest BCUT2D eigenvalue weighted by Crippen LogP contribution is -2.31. The molecule has 3 rings (SSSR count). The summed E-state index contributed by atoms with van der Waals surface area (Å²) < 4.78 is 27.6. The quantitative estimate of drug-likeness (QED) is 0.758. The zero-order valence-electron chi connectivity index (χ0n) is 15.3. The molecule has 7 heteroatoms. The molecule has 2 aromatic carbocycles. The van der Waals surface area contributed by atoms with Gasteiger partial charge in [-0.3, -0.25) is 9.52 Å². The average molecular weight is 405 g/mol. The highest BCUT2D eigenvalue weighted by molar-refractivity contribution is 7.98. The summed E-state index contributed by atoms with van der Waals surface area (Å²) >= 11 is 1.56. The minimum Gasteiger partial charge on any atom is -0.339 e. The van der Waals surface area contributed by atoms with Crippen LogP contribution in [0.15, 0.2) is 58.3 Å². The van der Waals surface area contributed by atoms with Crippen LogP contribution in [-0.2, 0) is 10.0 Å². The highest BCUT2D eigenvalue weighted by Crippen LogP contribution is 2.21. The number of likely N-dealkylation sites (tertiary alicyclic amines) is 1. The smallest absolute Gasteiger partial charge is 0.261 e. The summed E-state index contributed by atoms with van der Waals surface area (Å²) in [5.41, 5.74) is 1.03. The minimum atomic E-state index is -3.65. The molecule has 0 radical (unpaired) electrons. The summed E-state index contributed by atoms with van der Waals surface area (Å²) in [6, 6.07) is 13.4. The van der Waals surface area contributed by atoms with Crippen LogP contribution >= 0.6 is 11.8 Å². The topological polar surface area (TPSA) is 66.5 Å². The van der Waals surface area contributed by atoms with Crippen LogP contribution in [0.5, 0.6) is 0 Å². The second-order valence-electron chi connectivity index (χ2n) is 6.56. The third kappa shape index (κ3) is 5.05. The number of rotatable bonds is 5. The maximum atomic E-state index is 12.6. The van der Waals surface area contributed by atoms with Crippen molar-refractivity contribution in [3.05, 3.63) is 54.1 Å². The molecule has 27 heavy (non-hydrogen) atoms. The van der Waals surface area contributed by atoms with E-state index in [2.05, 4.69) is 4.72 Å². The predicted molar refractivity (Wildman–Crippen MR) is 110 cm³/mol. The van der Waals surface area contributed by atoms with E-state index in [1.165, 1.54) is 12.8 Å². The Hall–Kier alpha value is -1.99. The van der Waals surface area contributed by atoms with Crippen LogP contribution < -0.4 is 4.72 Å². The Morgan fingerprint density at radius 3 is 2.07 bits per heavy atom. The van der Waals surface area contributed by atoms with Gasteiger partial charge in [-0.25, -0.2) is 8.42 Å². The number of thioether (sulfide) groups is 1. The fourth-order valence-electron chi connectivity index (χ4n) is 3.11. The summed E-state index contributed by atoms with van der Waals surface area (Å²) in [6.07, 6.45) is 6.36. The molecule has 1 fully saturated rings. The highest BCUT2D eigenvalue weighted by Gasteiger charge is 2.18. The number of nitrogens with zero attached hydrogens (tertiary/aromatic N) is 1. The van der Waals surface area contributed by atoms with Gasteiger partial charge in [0.15, 0.2) is 0 Å². The number of nitrogens with one attached hydrogen (secondary N) is 1. The summed E-state index contributed by atoms with van der Waals surface area (Å²) in [5, 5.41) is 0. The first kappa shape index (κ1) is 19.8. The Labute approximate surface area is 165 Å². The van der Waals surface area contributed by atoms with Gasteiger partial charge in [0.1, 0.15) is 0 Å². The molecule has 0 aromatic heterocycles. The third-order valence-corrected chi connectivity index (χ3v) is 6.79. The molecule has 1 saturated heterocycles. The van der Waals surface area contributed by atoms with Gasteiger partial charge in [0, 0.05) is 29.2 Å². The monoisotopic (exact) mass is 404 g/mol. The van der Waals surface area contributed by atoms with E-state index in [1.54, 1.807) is 60.3 Å². The molecular formula is C20H24N2O3S2. The van der Waals surface area contributed by atoms with Crippen LogP contribution in [0.2, 0.25) is 0 Å². The Morgan fingerprint density at radius 1 is 0.926 bits per heavy atom. The number of benzene rings is 2. The van der Waals surface area contributed by atoms with Crippen molar-refractivity contribution in [1.29, 1.82) is 0 Å². The molecule has 2 aromatic rings. The summed E-state index contributed by atoms with van der Waals surface area (Å²) in [7, 11) is -3.65. The average Bonchev–Trinajstić information content (AvgIpc) is 2.97. The van der Waals surface area contributed by atoms with E-state index in [9.17, 15) is 13.2 Å². The number of carbonyl (C=O) groups excluding carboxylic acids is 1. The Kier molecular flexibility index (Phi) is 6.44. The molecule has 0 bridgehead atoms. The van der Waals surface area contributed by atoms with Crippen LogP contribution in [0.1, 0.15) is 36.0 Å². The standard InChI is InChI=1S/C20H24N2O3S2/c1-26-18-10-12-19(13-11-18)27(24,25)21-17-8-6-16(7-9-17)20(23)22-14-4-2-3-5-15-22/h6-13,21H,2-5,14-15H2,1H3. The molecule has 0 aliphatic carbocycles. The van der Waals surface area contributed by atoms with E-state index in [1.807, 2.05) is 11.2 Å². The van der Waals surface area contributed by atoms with Crippen molar-refractivity contribution < 1.29 is 13.2 Å². The molecule has 5 nitrogen and oxygen atoms in total. The Bertz CT molecular complexity index is 870. The Balaban J connectivity index is 1.70. The lowest BCUT2D eigenvalue weighted by atomic mass is 10.2. The van der Waals surface area contributed by atoms with Crippen LogP contribution in [0.4, 0.5) is 5.69 Å². The second-order valence-corrected chi connectivity index (χ2v) is 9.13. The number of hydrogen-bond donors (Lipinski definition) is 1. The van der Waals surface area contributed by atoms with Gasteiger partial charge < -0.3 is 4.90 Å². The van der Waals surface area contributed by atoms with Crippen molar-refractivity contribution in [2.75, 3.05) is 24.1 Å². The lowest BCUT2D eigenvalue weighted by Gasteiger charge is -2.20. The van der Waals surface area contributed by atoms with Crippen LogP contribution in [0, 0.1) is 0 Å². The summed E-state index contributed by atoms with van der Waals surface area (Å²) in [5.74, 6) is 0.0129.